The van der Waals surface area contributed by atoms with E-state index in [1.165, 1.54) is 6.42 Å². The Morgan fingerprint density at radius 3 is 2.95 bits per heavy atom. The van der Waals surface area contributed by atoms with Crippen LogP contribution in [0.2, 0.25) is 0 Å². The minimum absolute atomic E-state index is 0.0627. The Kier molecular flexibility index (Phi) is 4.58. The molecule has 0 radical (unpaired) electrons. The average Bonchev–Trinajstić information content (AvgIpc) is 2.95. The van der Waals surface area contributed by atoms with Crippen molar-refractivity contribution < 1.29 is 4.79 Å². The molecule has 4 nitrogen and oxygen atoms in total. The van der Waals surface area contributed by atoms with E-state index in [9.17, 15) is 4.79 Å². The molecule has 1 saturated heterocycles. The Morgan fingerprint density at radius 2 is 2.37 bits per heavy atom. The lowest BCUT2D eigenvalue weighted by Gasteiger charge is -2.13. The third kappa shape index (κ3) is 4.28. The van der Waals surface area contributed by atoms with E-state index in [2.05, 4.69) is 36.4 Å². The number of carbonyl (C=O) groups excluding carboxylic acids is 1. The second-order valence-corrected chi connectivity index (χ2v) is 7.03. The predicted octanol–water partition coefficient (Wildman–Crippen LogP) is 1.85. The Hall–Kier alpha value is -0.940. The standard InChI is InChI=1S/C14H23N3OS/c1-14(2,3)13-17-11(9-19-13)7-12(18)16-8-10-5-4-6-15-10/h9-10,15H,4-8H2,1-3H3,(H,16,18). The van der Waals surface area contributed by atoms with E-state index >= 15 is 0 Å². The smallest absolute Gasteiger partial charge is 0.226 e. The summed E-state index contributed by atoms with van der Waals surface area (Å²) in [5.41, 5.74) is 0.944. The van der Waals surface area contributed by atoms with E-state index in [0.29, 0.717) is 12.5 Å². The lowest BCUT2D eigenvalue weighted by atomic mass is 9.98. The zero-order chi connectivity index (χ0) is 13.9. The van der Waals surface area contributed by atoms with Crippen LogP contribution in [0.4, 0.5) is 0 Å². The summed E-state index contributed by atoms with van der Waals surface area (Å²) in [6.45, 7) is 8.22. The minimum Gasteiger partial charge on any atom is -0.354 e. The summed E-state index contributed by atoms with van der Waals surface area (Å²) >= 11 is 1.64. The van der Waals surface area contributed by atoms with Crippen LogP contribution < -0.4 is 10.6 Å². The van der Waals surface area contributed by atoms with E-state index < -0.39 is 0 Å². The molecule has 1 amide bonds. The largest absolute Gasteiger partial charge is 0.354 e. The van der Waals surface area contributed by atoms with Gasteiger partial charge >= 0.3 is 0 Å². The van der Waals surface area contributed by atoms with Gasteiger partial charge in [-0.15, -0.1) is 11.3 Å². The van der Waals surface area contributed by atoms with Gasteiger partial charge in [0.2, 0.25) is 5.91 Å². The molecule has 0 bridgehead atoms. The lowest BCUT2D eigenvalue weighted by molar-refractivity contribution is -0.120. The molecule has 1 atom stereocenters. The second kappa shape index (κ2) is 6.01. The summed E-state index contributed by atoms with van der Waals surface area (Å²) in [5, 5.41) is 9.44. The van der Waals surface area contributed by atoms with Gasteiger partial charge in [0, 0.05) is 23.4 Å². The number of hydrogen-bond donors (Lipinski definition) is 2. The van der Waals surface area contributed by atoms with Crippen LogP contribution >= 0.6 is 11.3 Å². The zero-order valence-electron chi connectivity index (χ0n) is 12.0. The summed E-state index contributed by atoms with van der Waals surface area (Å²) in [5.74, 6) is 0.0689. The summed E-state index contributed by atoms with van der Waals surface area (Å²) in [6, 6.07) is 0.449. The molecule has 1 aliphatic heterocycles. The molecule has 0 aliphatic carbocycles. The molecule has 1 unspecified atom stereocenters. The van der Waals surface area contributed by atoms with Gasteiger partial charge < -0.3 is 10.6 Å². The normalized spacial score (nSPS) is 19.6. The number of hydrogen-bond acceptors (Lipinski definition) is 4. The molecular formula is C14H23N3OS. The van der Waals surface area contributed by atoms with Crippen molar-refractivity contribution in [2.45, 2.75) is 51.5 Å². The lowest BCUT2D eigenvalue weighted by Crippen LogP contribution is -2.37. The maximum Gasteiger partial charge on any atom is 0.226 e. The molecule has 1 fully saturated rings. The topological polar surface area (TPSA) is 54.0 Å². The molecule has 2 rings (SSSR count). The SMILES string of the molecule is CC(C)(C)c1nc(CC(=O)NCC2CCCN2)cs1. The van der Waals surface area contributed by atoms with Gasteiger partial charge in [-0.1, -0.05) is 20.8 Å². The number of thiazole rings is 1. The van der Waals surface area contributed by atoms with Crippen LogP contribution in [0.25, 0.3) is 0 Å². The number of amides is 1. The molecule has 1 aromatic heterocycles. The number of nitrogens with zero attached hydrogens (tertiary/aromatic N) is 1. The van der Waals surface area contributed by atoms with E-state index in [-0.39, 0.29) is 11.3 Å². The Balaban J connectivity index is 1.80. The fraction of sp³-hybridized carbons (Fsp3) is 0.714. The second-order valence-electron chi connectivity index (χ2n) is 6.17. The molecule has 0 aromatic carbocycles. The van der Waals surface area contributed by atoms with Gasteiger partial charge in [-0.2, -0.15) is 0 Å². The first kappa shape index (κ1) is 14.5. The highest BCUT2D eigenvalue weighted by Crippen LogP contribution is 2.25. The van der Waals surface area contributed by atoms with Crippen molar-refractivity contribution in [3.63, 3.8) is 0 Å². The summed E-state index contributed by atoms with van der Waals surface area (Å²) in [4.78, 5) is 16.4. The van der Waals surface area contributed by atoms with Crippen LogP contribution in [0.5, 0.6) is 0 Å². The number of carbonyl (C=O) groups is 1. The zero-order valence-corrected chi connectivity index (χ0v) is 12.8. The first-order valence-corrected chi connectivity index (χ1v) is 7.78. The maximum absolute atomic E-state index is 11.9. The molecule has 106 valence electrons. The van der Waals surface area contributed by atoms with Crippen molar-refractivity contribution in [2.75, 3.05) is 13.1 Å². The Labute approximate surface area is 119 Å². The monoisotopic (exact) mass is 281 g/mol. The highest BCUT2D eigenvalue weighted by Gasteiger charge is 2.19. The highest BCUT2D eigenvalue weighted by atomic mass is 32.1. The van der Waals surface area contributed by atoms with Crippen molar-refractivity contribution in [1.82, 2.24) is 15.6 Å². The van der Waals surface area contributed by atoms with Crippen molar-refractivity contribution in [3.8, 4) is 0 Å². The third-order valence-corrected chi connectivity index (χ3v) is 4.56. The fourth-order valence-corrected chi connectivity index (χ4v) is 3.03. The molecule has 19 heavy (non-hydrogen) atoms. The maximum atomic E-state index is 11.9. The van der Waals surface area contributed by atoms with E-state index in [0.717, 1.165) is 30.2 Å². The molecule has 2 N–H and O–H groups in total. The van der Waals surface area contributed by atoms with Gasteiger partial charge in [0.05, 0.1) is 17.1 Å². The van der Waals surface area contributed by atoms with Crippen molar-refractivity contribution in [3.05, 3.63) is 16.1 Å². The van der Waals surface area contributed by atoms with Crippen LogP contribution in [-0.2, 0) is 16.6 Å². The summed E-state index contributed by atoms with van der Waals surface area (Å²) < 4.78 is 0. The van der Waals surface area contributed by atoms with Gasteiger partial charge in [0.15, 0.2) is 0 Å². The summed E-state index contributed by atoms with van der Waals surface area (Å²) in [7, 11) is 0. The van der Waals surface area contributed by atoms with Crippen molar-refractivity contribution in [1.29, 1.82) is 0 Å². The molecule has 1 aliphatic rings. The van der Waals surface area contributed by atoms with E-state index in [1.807, 2.05) is 5.38 Å². The summed E-state index contributed by atoms with van der Waals surface area (Å²) in [6.07, 6.45) is 2.76. The number of aromatic nitrogens is 1. The first-order valence-electron chi connectivity index (χ1n) is 6.90. The van der Waals surface area contributed by atoms with Crippen LogP contribution in [0, 0.1) is 0 Å². The van der Waals surface area contributed by atoms with Crippen LogP contribution in [0.3, 0.4) is 0 Å². The Bertz CT molecular complexity index is 430. The number of rotatable bonds is 4. The van der Waals surface area contributed by atoms with E-state index in [4.69, 9.17) is 0 Å². The molecular weight excluding hydrogens is 258 g/mol. The van der Waals surface area contributed by atoms with Crippen molar-refractivity contribution in [2.24, 2.45) is 0 Å². The van der Waals surface area contributed by atoms with Crippen LogP contribution in [0.1, 0.15) is 44.3 Å². The van der Waals surface area contributed by atoms with E-state index in [1.54, 1.807) is 11.3 Å². The quantitative estimate of drug-likeness (QED) is 0.885. The number of nitrogens with one attached hydrogen (secondary N) is 2. The van der Waals surface area contributed by atoms with Gasteiger partial charge in [-0.05, 0) is 19.4 Å². The van der Waals surface area contributed by atoms with Gasteiger partial charge in [0.25, 0.3) is 0 Å². The third-order valence-electron chi connectivity index (χ3n) is 3.24. The average molecular weight is 281 g/mol. The highest BCUT2D eigenvalue weighted by molar-refractivity contribution is 7.09. The Morgan fingerprint density at radius 1 is 1.58 bits per heavy atom. The van der Waals surface area contributed by atoms with Gasteiger partial charge in [0.1, 0.15) is 0 Å². The molecule has 1 aromatic rings. The first-order chi connectivity index (χ1) is 8.95. The van der Waals surface area contributed by atoms with Gasteiger partial charge in [-0.3, -0.25) is 4.79 Å². The predicted molar refractivity (Wildman–Crippen MR) is 78.6 cm³/mol. The van der Waals surface area contributed by atoms with Crippen LogP contribution in [0.15, 0.2) is 5.38 Å². The fourth-order valence-electron chi connectivity index (χ4n) is 2.13. The van der Waals surface area contributed by atoms with Crippen LogP contribution in [-0.4, -0.2) is 30.0 Å². The molecule has 0 spiro atoms. The minimum atomic E-state index is 0.0627. The van der Waals surface area contributed by atoms with Crippen molar-refractivity contribution >= 4 is 17.2 Å². The molecule has 5 heteroatoms. The van der Waals surface area contributed by atoms with Gasteiger partial charge in [-0.25, -0.2) is 4.98 Å². The molecule has 2 heterocycles. The molecule has 0 saturated carbocycles.